The predicted molar refractivity (Wildman–Crippen MR) is 88.9 cm³/mol. The molecule has 2 aromatic heterocycles. The molecule has 0 fully saturated rings. The molecule has 0 atom stereocenters. The van der Waals surface area contributed by atoms with E-state index in [1.165, 1.54) is 6.26 Å². The summed E-state index contributed by atoms with van der Waals surface area (Å²) in [5, 5.41) is 4.36. The molecule has 2 heterocycles. The molecule has 0 bridgehead atoms. The Bertz CT molecular complexity index is 949. The summed E-state index contributed by atoms with van der Waals surface area (Å²) in [5.74, 6) is 0. The van der Waals surface area contributed by atoms with Crippen molar-refractivity contribution in [1.82, 2.24) is 14.6 Å². The average molecular weight is 347 g/mol. The van der Waals surface area contributed by atoms with Crippen molar-refractivity contribution < 1.29 is 17.9 Å². The summed E-state index contributed by atoms with van der Waals surface area (Å²) in [5.41, 5.74) is 2.49. The molecule has 0 saturated carbocycles. The van der Waals surface area contributed by atoms with Crippen molar-refractivity contribution in [2.75, 3.05) is 26.6 Å². The Morgan fingerprint density at radius 2 is 1.83 bits per heavy atom. The second kappa shape index (κ2) is 6.58. The molecule has 0 aliphatic carbocycles. The number of rotatable bonds is 6. The highest BCUT2D eigenvalue weighted by atomic mass is 32.2. The van der Waals surface area contributed by atoms with Crippen LogP contribution in [0.2, 0.25) is 0 Å². The second-order valence-electron chi connectivity index (χ2n) is 5.23. The van der Waals surface area contributed by atoms with Gasteiger partial charge in [0, 0.05) is 18.9 Å². The molecular formula is C16H17N3O4S. The van der Waals surface area contributed by atoms with Gasteiger partial charge in [-0.05, 0) is 24.3 Å². The van der Waals surface area contributed by atoms with E-state index in [-0.39, 0.29) is 10.9 Å². The fraction of sp³-hybridized carbons (Fsp3) is 0.250. The quantitative estimate of drug-likeness (QED) is 0.633. The van der Waals surface area contributed by atoms with Gasteiger partial charge in [0.2, 0.25) is 0 Å². The summed E-state index contributed by atoms with van der Waals surface area (Å²) in [4.78, 5) is 4.43. The average Bonchev–Trinajstić information content (AvgIpc) is 2.97. The van der Waals surface area contributed by atoms with Gasteiger partial charge >= 0.3 is 6.01 Å². The fourth-order valence-corrected chi connectivity index (χ4v) is 2.89. The summed E-state index contributed by atoms with van der Waals surface area (Å²) in [6.07, 6.45) is 2.86. The molecule has 0 radical (unpaired) electrons. The minimum atomic E-state index is -3.21. The summed E-state index contributed by atoms with van der Waals surface area (Å²) in [6.45, 7) is 0.814. The molecule has 126 valence electrons. The van der Waals surface area contributed by atoms with Crippen molar-refractivity contribution in [1.29, 1.82) is 0 Å². The van der Waals surface area contributed by atoms with Gasteiger partial charge in [0.25, 0.3) is 0 Å². The number of ether oxygens (including phenoxy) is 2. The molecule has 0 N–H and O–H groups in total. The van der Waals surface area contributed by atoms with Crippen LogP contribution in [0.1, 0.15) is 0 Å². The fourth-order valence-electron chi connectivity index (χ4n) is 2.26. The molecule has 0 aliphatic rings. The topological polar surface area (TPSA) is 82.8 Å². The molecule has 0 saturated heterocycles. The maximum absolute atomic E-state index is 11.6. The van der Waals surface area contributed by atoms with Gasteiger partial charge in [-0.25, -0.2) is 17.9 Å². The van der Waals surface area contributed by atoms with Crippen LogP contribution >= 0.6 is 0 Å². The standard InChI is InChI=1S/C16H17N3O4S/c1-22-9-10-23-16-17-11-13-5-8-15(19(13)18-16)12-3-6-14(7-4-12)24(2,20)21/h3-8,11H,9-10H2,1-2H3. The Hall–Kier alpha value is -2.45. The van der Waals surface area contributed by atoms with E-state index in [0.717, 1.165) is 16.8 Å². The van der Waals surface area contributed by atoms with Crippen LogP contribution in [-0.2, 0) is 14.6 Å². The van der Waals surface area contributed by atoms with Gasteiger partial charge in [-0.2, -0.15) is 0 Å². The van der Waals surface area contributed by atoms with Crippen molar-refractivity contribution in [3.63, 3.8) is 0 Å². The molecular weight excluding hydrogens is 330 g/mol. The Labute approximate surface area is 139 Å². The van der Waals surface area contributed by atoms with Gasteiger partial charge in [-0.1, -0.05) is 12.1 Å². The summed E-state index contributed by atoms with van der Waals surface area (Å²) >= 11 is 0. The van der Waals surface area contributed by atoms with E-state index in [0.29, 0.717) is 13.2 Å². The van der Waals surface area contributed by atoms with Crippen molar-refractivity contribution in [2.45, 2.75) is 4.90 Å². The second-order valence-corrected chi connectivity index (χ2v) is 7.25. The Morgan fingerprint density at radius 3 is 2.50 bits per heavy atom. The zero-order valence-corrected chi connectivity index (χ0v) is 14.2. The lowest BCUT2D eigenvalue weighted by Crippen LogP contribution is -2.08. The molecule has 0 spiro atoms. The first-order valence-electron chi connectivity index (χ1n) is 7.26. The van der Waals surface area contributed by atoms with Gasteiger partial charge in [-0.15, -0.1) is 5.10 Å². The van der Waals surface area contributed by atoms with E-state index in [4.69, 9.17) is 9.47 Å². The summed E-state index contributed by atoms with van der Waals surface area (Å²) in [6, 6.07) is 10.7. The molecule has 1 aromatic carbocycles. The Morgan fingerprint density at radius 1 is 1.08 bits per heavy atom. The Balaban J connectivity index is 1.95. The van der Waals surface area contributed by atoms with E-state index in [1.807, 2.05) is 12.1 Å². The van der Waals surface area contributed by atoms with Crippen LogP contribution < -0.4 is 4.74 Å². The maximum Gasteiger partial charge on any atom is 0.334 e. The third-order valence-electron chi connectivity index (χ3n) is 3.47. The van der Waals surface area contributed by atoms with E-state index in [1.54, 1.807) is 42.1 Å². The van der Waals surface area contributed by atoms with Crippen molar-refractivity contribution in [2.24, 2.45) is 0 Å². The van der Waals surface area contributed by atoms with Crippen LogP contribution in [0.4, 0.5) is 0 Å². The molecule has 3 rings (SSSR count). The predicted octanol–water partition coefficient (Wildman–Crippen LogP) is 1.83. The van der Waals surface area contributed by atoms with Crippen LogP contribution in [-0.4, -0.2) is 49.6 Å². The Kier molecular flexibility index (Phi) is 4.50. The first kappa shape index (κ1) is 16.4. The summed E-state index contributed by atoms with van der Waals surface area (Å²) < 4.78 is 35.2. The molecule has 24 heavy (non-hydrogen) atoms. The van der Waals surface area contributed by atoms with Gasteiger partial charge in [-0.3, -0.25) is 0 Å². The van der Waals surface area contributed by atoms with E-state index in [9.17, 15) is 8.42 Å². The van der Waals surface area contributed by atoms with Gasteiger partial charge in [0.1, 0.15) is 6.61 Å². The normalized spacial score (nSPS) is 11.8. The number of benzene rings is 1. The number of hydrogen-bond donors (Lipinski definition) is 0. The number of nitrogens with zero attached hydrogens (tertiary/aromatic N) is 3. The van der Waals surface area contributed by atoms with Gasteiger partial charge in [0.15, 0.2) is 9.84 Å². The molecule has 7 nitrogen and oxygen atoms in total. The highest BCUT2D eigenvalue weighted by Gasteiger charge is 2.11. The number of methoxy groups -OCH3 is 1. The lowest BCUT2D eigenvalue weighted by atomic mass is 10.2. The van der Waals surface area contributed by atoms with Crippen molar-refractivity contribution in [3.8, 4) is 17.3 Å². The minimum Gasteiger partial charge on any atom is -0.460 e. The van der Waals surface area contributed by atoms with Crippen LogP contribution in [0, 0.1) is 0 Å². The van der Waals surface area contributed by atoms with Crippen LogP contribution in [0.25, 0.3) is 16.8 Å². The molecule has 0 aliphatic heterocycles. The van der Waals surface area contributed by atoms with Crippen molar-refractivity contribution in [3.05, 3.63) is 42.6 Å². The summed E-state index contributed by atoms with van der Waals surface area (Å²) in [7, 11) is -1.62. The number of sulfone groups is 1. The van der Waals surface area contributed by atoms with Crippen LogP contribution in [0.15, 0.2) is 47.5 Å². The SMILES string of the molecule is COCCOc1ncc2ccc(-c3ccc(S(C)(=O)=O)cc3)n2n1. The number of fused-ring (bicyclic) bond motifs is 1. The molecule has 0 unspecified atom stereocenters. The smallest absolute Gasteiger partial charge is 0.334 e. The number of aromatic nitrogens is 3. The third-order valence-corrected chi connectivity index (χ3v) is 4.60. The van der Waals surface area contributed by atoms with Gasteiger partial charge < -0.3 is 9.47 Å². The van der Waals surface area contributed by atoms with Crippen LogP contribution in [0.5, 0.6) is 6.01 Å². The zero-order valence-electron chi connectivity index (χ0n) is 13.3. The number of hydrogen-bond acceptors (Lipinski definition) is 6. The first-order chi connectivity index (χ1) is 11.5. The highest BCUT2D eigenvalue weighted by Crippen LogP contribution is 2.23. The molecule has 3 aromatic rings. The zero-order chi connectivity index (χ0) is 17.2. The third kappa shape index (κ3) is 3.39. The largest absolute Gasteiger partial charge is 0.460 e. The van der Waals surface area contributed by atoms with Gasteiger partial charge in [0.05, 0.1) is 28.9 Å². The van der Waals surface area contributed by atoms with E-state index >= 15 is 0 Å². The molecule has 0 amide bonds. The van der Waals surface area contributed by atoms with Crippen LogP contribution in [0.3, 0.4) is 0 Å². The van der Waals surface area contributed by atoms with E-state index < -0.39 is 9.84 Å². The van der Waals surface area contributed by atoms with Crippen molar-refractivity contribution >= 4 is 15.4 Å². The maximum atomic E-state index is 11.6. The lowest BCUT2D eigenvalue weighted by molar-refractivity contribution is 0.140. The lowest BCUT2D eigenvalue weighted by Gasteiger charge is -2.06. The van der Waals surface area contributed by atoms with E-state index in [2.05, 4.69) is 10.1 Å². The monoisotopic (exact) mass is 347 g/mol. The minimum absolute atomic E-state index is 0.254. The first-order valence-corrected chi connectivity index (χ1v) is 9.15. The highest BCUT2D eigenvalue weighted by molar-refractivity contribution is 7.90. The molecule has 8 heteroatoms.